The summed E-state index contributed by atoms with van der Waals surface area (Å²) in [4.78, 5) is 14.3. The predicted molar refractivity (Wildman–Crippen MR) is 85.0 cm³/mol. The second-order valence-corrected chi connectivity index (χ2v) is 8.14. The third kappa shape index (κ3) is 5.52. The molecule has 1 heterocycles. The summed E-state index contributed by atoms with van der Waals surface area (Å²) in [5.74, 6) is 0.524. The number of unbranched alkanes of at least 4 members (excludes halogenated alkanes) is 1. The van der Waals surface area contributed by atoms with Crippen molar-refractivity contribution >= 4 is 15.9 Å². The third-order valence-electron chi connectivity index (χ3n) is 4.28. The van der Waals surface area contributed by atoms with Gasteiger partial charge in [0, 0.05) is 38.3 Å². The molecule has 0 unspecified atom stereocenters. The molecule has 1 aliphatic heterocycles. The Morgan fingerprint density at radius 2 is 1.91 bits per heavy atom. The Morgan fingerprint density at radius 3 is 2.50 bits per heavy atom. The highest BCUT2D eigenvalue weighted by molar-refractivity contribution is 7.89. The number of hydrogen-bond acceptors (Lipinski definition) is 4. The molecular formula is C15H28N2O4S. The minimum absolute atomic E-state index is 0.164. The molecule has 1 amide bonds. The van der Waals surface area contributed by atoms with Crippen LogP contribution in [0.15, 0.2) is 0 Å². The van der Waals surface area contributed by atoms with Gasteiger partial charge in [0.2, 0.25) is 15.9 Å². The molecule has 1 saturated heterocycles. The van der Waals surface area contributed by atoms with Crippen molar-refractivity contribution in [2.24, 2.45) is 5.92 Å². The molecule has 2 fully saturated rings. The van der Waals surface area contributed by atoms with E-state index in [2.05, 4.69) is 4.72 Å². The van der Waals surface area contributed by atoms with Crippen molar-refractivity contribution in [1.82, 2.24) is 9.62 Å². The maximum atomic E-state index is 12.4. The van der Waals surface area contributed by atoms with E-state index in [1.54, 1.807) is 0 Å². The van der Waals surface area contributed by atoms with Crippen LogP contribution in [0, 0.1) is 5.92 Å². The lowest BCUT2D eigenvalue weighted by Crippen LogP contribution is -2.47. The lowest BCUT2D eigenvalue weighted by atomic mass is 10.1. The van der Waals surface area contributed by atoms with Gasteiger partial charge in [0.15, 0.2) is 0 Å². The Kier molecular flexibility index (Phi) is 6.65. The van der Waals surface area contributed by atoms with Crippen LogP contribution in [-0.4, -0.2) is 57.3 Å². The Labute approximate surface area is 133 Å². The molecule has 6 nitrogen and oxygen atoms in total. The van der Waals surface area contributed by atoms with Gasteiger partial charge in [-0.2, -0.15) is 0 Å². The summed E-state index contributed by atoms with van der Waals surface area (Å²) in [6.45, 7) is 4.10. The molecule has 0 spiro atoms. The maximum absolute atomic E-state index is 12.4. The van der Waals surface area contributed by atoms with Gasteiger partial charge < -0.3 is 9.64 Å². The van der Waals surface area contributed by atoms with E-state index < -0.39 is 10.0 Å². The first-order valence-corrected chi connectivity index (χ1v) is 10.0. The van der Waals surface area contributed by atoms with E-state index >= 15 is 0 Å². The third-order valence-corrected chi connectivity index (χ3v) is 5.75. The van der Waals surface area contributed by atoms with E-state index in [1.807, 2.05) is 11.8 Å². The molecule has 0 bridgehead atoms. The fourth-order valence-corrected chi connectivity index (χ4v) is 3.98. The number of nitrogens with zero attached hydrogens (tertiary/aromatic N) is 1. The Bertz CT molecular complexity index is 456. The maximum Gasteiger partial charge on any atom is 0.225 e. The van der Waals surface area contributed by atoms with Crippen molar-refractivity contribution in [2.75, 3.05) is 32.1 Å². The Balaban J connectivity index is 1.85. The fraction of sp³-hybridized carbons (Fsp3) is 0.933. The monoisotopic (exact) mass is 332 g/mol. The van der Waals surface area contributed by atoms with Crippen molar-refractivity contribution in [3.63, 3.8) is 0 Å². The van der Waals surface area contributed by atoms with E-state index in [4.69, 9.17) is 4.74 Å². The molecule has 1 saturated carbocycles. The van der Waals surface area contributed by atoms with Crippen LogP contribution in [0.2, 0.25) is 0 Å². The highest BCUT2D eigenvalue weighted by atomic mass is 32.2. The fourth-order valence-electron chi connectivity index (χ4n) is 2.76. The number of ether oxygens (including phenoxy) is 1. The normalized spacial score (nSPS) is 20.0. The van der Waals surface area contributed by atoms with E-state index in [0.717, 1.165) is 32.1 Å². The molecule has 0 atom stereocenters. The number of carbonyl (C=O) groups is 1. The molecule has 0 aromatic carbocycles. The lowest BCUT2D eigenvalue weighted by Gasteiger charge is -2.34. The molecule has 7 heteroatoms. The van der Waals surface area contributed by atoms with Gasteiger partial charge >= 0.3 is 0 Å². The predicted octanol–water partition coefficient (Wildman–Crippen LogP) is 1.12. The smallest absolute Gasteiger partial charge is 0.225 e. The molecule has 128 valence electrons. The standard InChI is InChI=1S/C15H28N2O4S/c1-2-3-12-22(19,20)16-8-9-17(15(18)13-4-5-13)14-6-10-21-11-7-14/h13-14,16H,2-12H2,1H3. The molecule has 1 N–H and O–H groups in total. The number of sulfonamides is 1. The van der Waals surface area contributed by atoms with Crippen LogP contribution < -0.4 is 4.72 Å². The van der Waals surface area contributed by atoms with Gasteiger partial charge in [0.1, 0.15) is 0 Å². The largest absolute Gasteiger partial charge is 0.381 e. The zero-order valence-corrected chi connectivity index (χ0v) is 14.2. The first-order chi connectivity index (χ1) is 10.5. The van der Waals surface area contributed by atoms with Crippen LogP contribution in [-0.2, 0) is 19.6 Å². The zero-order valence-electron chi connectivity index (χ0n) is 13.4. The first-order valence-electron chi connectivity index (χ1n) is 8.39. The van der Waals surface area contributed by atoms with Crippen LogP contribution in [0.25, 0.3) is 0 Å². The summed E-state index contributed by atoms with van der Waals surface area (Å²) in [6.07, 6.45) is 5.17. The highest BCUT2D eigenvalue weighted by Crippen LogP contribution is 2.32. The van der Waals surface area contributed by atoms with Crippen LogP contribution >= 0.6 is 0 Å². The number of nitrogens with one attached hydrogen (secondary N) is 1. The minimum atomic E-state index is -3.21. The lowest BCUT2D eigenvalue weighted by molar-refractivity contribution is -0.136. The molecule has 0 aromatic heterocycles. The van der Waals surface area contributed by atoms with Crippen LogP contribution in [0.5, 0.6) is 0 Å². The van der Waals surface area contributed by atoms with E-state index in [-0.39, 0.29) is 23.6 Å². The summed E-state index contributed by atoms with van der Waals surface area (Å²) in [5.41, 5.74) is 0. The summed E-state index contributed by atoms with van der Waals surface area (Å²) in [6, 6.07) is 0.196. The zero-order chi connectivity index (χ0) is 16.0. The molecule has 22 heavy (non-hydrogen) atoms. The summed E-state index contributed by atoms with van der Waals surface area (Å²) in [7, 11) is -3.21. The van der Waals surface area contributed by atoms with Gasteiger partial charge in [-0.05, 0) is 32.1 Å². The van der Waals surface area contributed by atoms with Crippen molar-refractivity contribution in [2.45, 2.75) is 51.5 Å². The highest BCUT2D eigenvalue weighted by Gasteiger charge is 2.36. The summed E-state index contributed by atoms with van der Waals surface area (Å²) < 4.78 is 31.6. The molecular weight excluding hydrogens is 304 g/mol. The Hall–Kier alpha value is -0.660. The molecule has 1 aliphatic carbocycles. The van der Waals surface area contributed by atoms with Gasteiger partial charge in [-0.3, -0.25) is 4.79 Å². The number of amides is 1. The van der Waals surface area contributed by atoms with Gasteiger partial charge in [-0.1, -0.05) is 13.3 Å². The van der Waals surface area contributed by atoms with Gasteiger partial charge in [0.05, 0.1) is 5.75 Å². The van der Waals surface area contributed by atoms with Gasteiger partial charge in [-0.25, -0.2) is 13.1 Å². The quantitative estimate of drug-likeness (QED) is 0.686. The van der Waals surface area contributed by atoms with Crippen molar-refractivity contribution in [1.29, 1.82) is 0 Å². The topological polar surface area (TPSA) is 75.7 Å². The molecule has 0 aromatic rings. The average Bonchev–Trinajstić information content (AvgIpc) is 3.35. The first kappa shape index (κ1) is 17.7. The van der Waals surface area contributed by atoms with Crippen LogP contribution in [0.1, 0.15) is 45.4 Å². The van der Waals surface area contributed by atoms with E-state index in [0.29, 0.717) is 32.7 Å². The Morgan fingerprint density at radius 1 is 1.23 bits per heavy atom. The average molecular weight is 332 g/mol. The van der Waals surface area contributed by atoms with E-state index in [1.165, 1.54) is 0 Å². The molecule has 0 radical (unpaired) electrons. The molecule has 2 aliphatic rings. The second-order valence-electron chi connectivity index (χ2n) is 6.22. The van der Waals surface area contributed by atoms with Gasteiger partial charge in [-0.15, -0.1) is 0 Å². The van der Waals surface area contributed by atoms with Crippen LogP contribution in [0.4, 0.5) is 0 Å². The summed E-state index contributed by atoms with van der Waals surface area (Å²) >= 11 is 0. The number of rotatable bonds is 9. The van der Waals surface area contributed by atoms with Crippen LogP contribution in [0.3, 0.4) is 0 Å². The minimum Gasteiger partial charge on any atom is -0.381 e. The molecule has 2 rings (SSSR count). The van der Waals surface area contributed by atoms with Gasteiger partial charge in [0.25, 0.3) is 0 Å². The second kappa shape index (κ2) is 8.26. The van der Waals surface area contributed by atoms with E-state index in [9.17, 15) is 13.2 Å². The summed E-state index contributed by atoms with van der Waals surface area (Å²) in [5, 5.41) is 0. The SMILES string of the molecule is CCCCS(=O)(=O)NCCN(C(=O)C1CC1)C1CCOCC1. The van der Waals surface area contributed by atoms with Crippen molar-refractivity contribution in [3.8, 4) is 0 Å². The number of carbonyl (C=O) groups excluding carboxylic acids is 1. The van der Waals surface area contributed by atoms with Crippen molar-refractivity contribution in [3.05, 3.63) is 0 Å². The van der Waals surface area contributed by atoms with Crippen molar-refractivity contribution < 1.29 is 17.9 Å². The number of hydrogen-bond donors (Lipinski definition) is 1.